The minimum Gasteiger partial charge on any atom is -0.387 e. The number of aliphatic hydroxyl groups is 1. The predicted molar refractivity (Wildman–Crippen MR) is 66.4 cm³/mol. The van der Waals surface area contributed by atoms with Crippen molar-refractivity contribution in [2.24, 2.45) is 0 Å². The first kappa shape index (κ1) is 11.6. The van der Waals surface area contributed by atoms with Gasteiger partial charge in [-0.1, -0.05) is 25.1 Å². The average molecular weight is 219 g/mol. The van der Waals surface area contributed by atoms with Crippen molar-refractivity contribution in [1.29, 1.82) is 0 Å². The molecule has 2 nitrogen and oxygen atoms in total. The highest BCUT2D eigenvalue weighted by Crippen LogP contribution is 2.27. The van der Waals surface area contributed by atoms with Crippen LogP contribution < -0.4 is 0 Å². The van der Waals surface area contributed by atoms with Crippen LogP contribution in [0.2, 0.25) is 0 Å². The van der Waals surface area contributed by atoms with Crippen LogP contribution >= 0.6 is 0 Å². The normalized spacial score (nSPS) is 19.5. The van der Waals surface area contributed by atoms with E-state index in [2.05, 4.69) is 43.9 Å². The largest absolute Gasteiger partial charge is 0.387 e. The van der Waals surface area contributed by atoms with E-state index in [1.54, 1.807) is 0 Å². The van der Waals surface area contributed by atoms with Gasteiger partial charge in [0.15, 0.2) is 0 Å². The molecule has 0 aliphatic carbocycles. The maximum Gasteiger partial charge on any atom is 0.0897 e. The molecule has 1 saturated heterocycles. The Hall–Kier alpha value is -0.860. The molecule has 16 heavy (non-hydrogen) atoms. The van der Waals surface area contributed by atoms with E-state index in [1.807, 2.05) is 0 Å². The molecule has 0 aromatic heterocycles. The highest BCUT2D eigenvalue weighted by atomic mass is 16.3. The lowest BCUT2D eigenvalue weighted by Crippen LogP contribution is -2.60. The second-order valence-corrected chi connectivity index (χ2v) is 5.09. The zero-order chi connectivity index (χ0) is 11.8. The molecule has 0 spiro atoms. The Kier molecular flexibility index (Phi) is 3.04. The zero-order valence-electron chi connectivity index (χ0n) is 10.5. The highest BCUT2D eigenvalue weighted by Gasteiger charge is 2.39. The van der Waals surface area contributed by atoms with Gasteiger partial charge in [-0.25, -0.2) is 0 Å². The maximum atomic E-state index is 9.96. The SMILES string of the molecule is CCC1(O)CN(Cc2c(C)cccc2C)C1. The van der Waals surface area contributed by atoms with Crippen molar-refractivity contribution in [2.45, 2.75) is 39.3 Å². The molecule has 2 heteroatoms. The van der Waals surface area contributed by atoms with E-state index in [9.17, 15) is 5.11 Å². The van der Waals surface area contributed by atoms with Crippen LogP contribution in [-0.4, -0.2) is 28.7 Å². The number of benzene rings is 1. The van der Waals surface area contributed by atoms with Crippen molar-refractivity contribution in [2.75, 3.05) is 13.1 Å². The molecule has 2 rings (SSSR count). The summed E-state index contributed by atoms with van der Waals surface area (Å²) in [5.74, 6) is 0. The van der Waals surface area contributed by atoms with Crippen LogP contribution in [-0.2, 0) is 6.54 Å². The molecule has 0 saturated carbocycles. The molecular weight excluding hydrogens is 198 g/mol. The van der Waals surface area contributed by atoms with Crippen LogP contribution in [0.5, 0.6) is 0 Å². The van der Waals surface area contributed by atoms with Gasteiger partial charge in [0.2, 0.25) is 0 Å². The van der Waals surface area contributed by atoms with Crippen LogP contribution in [0.15, 0.2) is 18.2 Å². The van der Waals surface area contributed by atoms with Gasteiger partial charge in [-0.3, -0.25) is 4.90 Å². The van der Waals surface area contributed by atoms with Crippen LogP contribution in [0.3, 0.4) is 0 Å². The molecular formula is C14H21NO. The molecule has 0 amide bonds. The van der Waals surface area contributed by atoms with E-state index in [4.69, 9.17) is 0 Å². The van der Waals surface area contributed by atoms with Crippen molar-refractivity contribution >= 4 is 0 Å². The summed E-state index contributed by atoms with van der Waals surface area (Å²) in [6.07, 6.45) is 0.857. The van der Waals surface area contributed by atoms with Crippen molar-refractivity contribution < 1.29 is 5.11 Å². The number of hydrogen-bond acceptors (Lipinski definition) is 2. The van der Waals surface area contributed by atoms with Gasteiger partial charge in [-0.2, -0.15) is 0 Å². The van der Waals surface area contributed by atoms with Crippen LogP contribution in [0, 0.1) is 13.8 Å². The fourth-order valence-corrected chi connectivity index (χ4v) is 2.44. The quantitative estimate of drug-likeness (QED) is 0.843. The molecule has 1 heterocycles. The Morgan fingerprint density at radius 1 is 1.25 bits per heavy atom. The van der Waals surface area contributed by atoms with Gasteiger partial charge in [0, 0.05) is 19.6 Å². The second kappa shape index (κ2) is 4.19. The topological polar surface area (TPSA) is 23.5 Å². The fraction of sp³-hybridized carbons (Fsp3) is 0.571. The van der Waals surface area contributed by atoms with Crippen LogP contribution in [0.4, 0.5) is 0 Å². The molecule has 0 atom stereocenters. The summed E-state index contributed by atoms with van der Waals surface area (Å²) in [6.45, 7) is 8.98. The van der Waals surface area contributed by atoms with Crippen LogP contribution in [0.25, 0.3) is 0 Å². The standard InChI is InChI=1S/C14H21NO/c1-4-14(16)9-15(10-14)8-13-11(2)6-5-7-12(13)3/h5-7,16H,4,8-10H2,1-3H3. The molecule has 0 unspecified atom stereocenters. The van der Waals surface area contributed by atoms with E-state index < -0.39 is 5.60 Å². The van der Waals surface area contributed by atoms with Crippen molar-refractivity contribution in [1.82, 2.24) is 4.90 Å². The third-order valence-corrected chi connectivity index (χ3v) is 3.72. The molecule has 0 bridgehead atoms. The predicted octanol–water partition coefficient (Wildman–Crippen LogP) is 2.26. The molecule has 1 aliphatic heterocycles. The second-order valence-electron chi connectivity index (χ2n) is 5.09. The number of likely N-dealkylation sites (tertiary alicyclic amines) is 1. The Bertz CT molecular complexity index is 360. The number of hydrogen-bond donors (Lipinski definition) is 1. The zero-order valence-corrected chi connectivity index (χ0v) is 10.5. The lowest BCUT2D eigenvalue weighted by molar-refractivity contribution is -0.103. The van der Waals surface area contributed by atoms with Crippen molar-refractivity contribution in [3.8, 4) is 0 Å². The van der Waals surface area contributed by atoms with Gasteiger partial charge < -0.3 is 5.11 Å². The van der Waals surface area contributed by atoms with Gasteiger partial charge in [0.1, 0.15) is 0 Å². The first-order valence-electron chi connectivity index (χ1n) is 6.04. The van der Waals surface area contributed by atoms with E-state index in [0.29, 0.717) is 0 Å². The summed E-state index contributed by atoms with van der Waals surface area (Å²) >= 11 is 0. The van der Waals surface area contributed by atoms with E-state index >= 15 is 0 Å². The summed E-state index contributed by atoms with van der Waals surface area (Å²) in [6, 6.07) is 6.43. The summed E-state index contributed by atoms with van der Waals surface area (Å²) in [7, 11) is 0. The third-order valence-electron chi connectivity index (χ3n) is 3.72. The lowest BCUT2D eigenvalue weighted by atomic mass is 9.90. The minimum absolute atomic E-state index is 0.420. The first-order chi connectivity index (χ1) is 7.54. The van der Waals surface area contributed by atoms with E-state index in [1.165, 1.54) is 16.7 Å². The van der Waals surface area contributed by atoms with Gasteiger partial charge >= 0.3 is 0 Å². The van der Waals surface area contributed by atoms with Crippen molar-refractivity contribution in [3.63, 3.8) is 0 Å². The van der Waals surface area contributed by atoms with E-state index in [0.717, 1.165) is 26.1 Å². The summed E-state index contributed by atoms with van der Waals surface area (Å²) in [5.41, 5.74) is 3.70. The number of rotatable bonds is 3. The molecule has 1 fully saturated rings. The molecule has 1 aromatic carbocycles. The summed E-state index contributed by atoms with van der Waals surface area (Å²) in [5, 5.41) is 9.96. The van der Waals surface area contributed by atoms with Gasteiger partial charge in [-0.05, 0) is 37.0 Å². The first-order valence-corrected chi connectivity index (χ1v) is 6.04. The van der Waals surface area contributed by atoms with Crippen molar-refractivity contribution in [3.05, 3.63) is 34.9 Å². The average Bonchev–Trinajstić information content (AvgIpc) is 2.20. The van der Waals surface area contributed by atoms with Crippen LogP contribution in [0.1, 0.15) is 30.0 Å². The van der Waals surface area contributed by atoms with Gasteiger partial charge in [0.05, 0.1) is 5.60 Å². The van der Waals surface area contributed by atoms with Gasteiger partial charge in [-0.15, -0.1) is 0 Å². The lowest BCUT2D eigenvalue weighted by Gasteiger charge is -2.46. The monoisotopic (exact) mass is 219 g/mol. The number of nitrogens with zero attached hydrogens (tertiary/aromatic N) is 1. The summed E-state index contributed by atoms with van der Waals surface area (Å²) < 4.78 is 0. The Morgan fingerprint density at radius 3 is 2.31 bits per heavy atom. The minimum atomic E-state index is -0.420. The maximum absolute atomic E-state index is 9.96. The third kappa shape index (κ3) is 2.13. The fourth-order valence-electron chi connectivity index (χ4n) is 2.44. The number of aryl methyl sites for hydroxylation is 2. The highest BCUT2D eigenvalue weighted by molar-refractivity contribution is 5.33. The molecule has 1 N–H and O–H groups in total. The summed E-state index contributed by atoms with van der Waals surface area (Å²) in [4.78, 5) is 2.32. The smallest absolute Gasteiger partial charge is 0.0897 e. The van der Waals surface area contributed by atoms with Gasteiger partial charge in [0.25, 0.3) is 0 Å². The molecule has 0 radical (unpaired) electrons. The van der Waals surface area contributed by atoms with E-state index in [-0.39, 0.29) is 0 Å². The number of β-amino-alcohol motifs (C(OH)–C–C–N with tert-alkyl or cyclic N) is 1. The Morgan fingerprint density at radius 2 is 1.81 bits per heavy atom. The molecule has 1 aliphatic rings. The molecule has 88 valence electrons. The molecule has 1 aromatic rings. The Labute approximate surface area is 97.9 Å². The Balaban J connectivity index is 2.02.